The molecule has 3 rings (SSSR count). The van der Waals surface area contributed by atoms with Gasteiger partial charge in [0.25, 0.3) is 0 Å². The Morgan fingerprint density at radius 2 is 2.12 bits per heavy atom. The molecule has 1 saturated carbocycles. The third-order valence-corrected chi connectivity index (χ3v) is 4.44. The van der Waals surface area contributed by atoms with Crippen molar-refractivity contribution in [3.05, 3.63) is 35.7 Å². The molecular weight excluding hydrogens is 326 g/mol. The van der Waals surface area contributed by atoms with Gasteiger partial charge in [-0.15, -0.1) is 12.4 Å². The van der Waals surface area contributed by atoms with Gasteiger partial charge in [-0.25, -0.2) is 4.98 Å². The Morgan fingerprint density at radius 3 is 2.79 bits per heavy atom. The van der Waals surface area contributed by atoms with Crippen LogP contribution in [0.2, 0.25) is 0 Å². The highest BCUT2D eigenvalue weighted by molar-refractivity contribution is 5.93. The Balaban J connectivity index is 0.00000208. The lowest BCUT2D eigenvalue weighted by atomic mass is 9.85. The molecule has 2 atom stereocenters. The zero-order valence-electron chi connectivity index (χ0n) is 14.0. The largest absolute Gasteiger partial charge is 0.444 e. The minimum atomic E-state index is 0. The quantitative estimate of drug-likeness (QED) is 0.882. The Labute approximate surface area is 148 Å². The maximum atomic E-state index is 12.4. The van der Waals surface area contributed by atoms with E-state index in [9.17, 15) is 4.79 Å². The fraction of sp³-hybridized carbons (Fsp3) is 0.444. The second kappa shape index (κ2) is 7.81. The standard InChI is InChI=1S/C18H23N3O2.ClH/c1-11-6-7-15(9-16(11)18-20-12(2)10-23-18)21-17(22)13-4-3-5-14(19)8-13;/h6-7,9-10,13-14H,3-5,8,19H2,1-2H3,(H,21,22);1H. The molecular formula is C18H24ClN3O2. The number of hydrogen-bond acceptors (Lipinski definition) is 4. The molecule has 1 amide bonds. The van der Waals surface area contributed by atoms with Gasteiger partial charge in [0.1, 0.15) is 6.26 Å². The van der Waals surface area contributed by atoms with Crippen LogP contribution in [0.5, 0.6) is 0 Å². The van der Waals surface area contributed by atoms with Gasteiger partial charge in [0.05, 0.1) is 5.69 Å². The highest BCUT2D eigenvalue weighted by atomic mass is 35.5. The van der Waals surface area contributed by atoms with Crippen molar-refractivity contribution in [3.8, 4) is 11.5 Å². The van der Waals surface area contributed by atoms with Gasteiger partial charge in [-0.05, 0) is 50.8 Å². The van der Waals surface area contributed by atoms with Crippen molar-refractivity contribution in [1.82, 2.24) is 4.98 Å². The van der Waals surface area contributed by atoms with E-state index >= 15 is 0 Å². The van der Waals surface area contributed by atoms with Crippen LogP contribution in [0, 0.1) is 19.8 Å². The Bertz CT molecular complexity index is 714. The molecule has 0 radical (unpaired) electrons. The summed E-state index contributed by atoms with van der Waals surface area (Å²) < 4.78 is 5.48. The van der Waals surface area contributed by atoms with Crippen LogP contribution in [0.4, 0.5) is 5.69 Å². The van der Waals surface area contributed by atoms with Crippen LogP contribution in [0.3, 0.4) is 0 Å². The monoisotopic (exact) mass is 349 g/mol. The van der Waals surface area contributed by atoms with Crippen LogP contribution in [0.15, 0.2) is 28.9 Å². The van der Waals surface area contributed by atoms with Gasteiger partial charge < -0.3 is 15.5 Å². The number of nitrogens with zero attached hydrogens (tertiary/aromatic N) is 1. The number of aromatic nitrogens is 1. The molecule has 1 fully saturated rings. The molecule has 130 valence electrons. The van der Waals surface area contributed by atoms with E-state index in [4.69, 9.17) is 10.2 Å². The minimum Gasteiger partial charge on any atom is -0.444 e. The topological polar surface area (TPSA) is 81.2 Å². The van der Waals surface area contributed by atoms with Crippen LogP contribution in [-0.4, -0.2) is 16.9 Å². The van der Waals surface area contributed by atoms with E-state index in [2.05, 4.69) is 10.3 Å². The van der Waals surface area contributed by atoms with Gasteiger partial charge in [0, 0.05) is 23.2 Å². The van der Waals surface area contributed by atoms with Gasteiger partial charge >= 0.3 is 0 Å². The number of nitrogens with one attached hydrogen (secondary N) is 1. The number of halogens is 1. The van der Waals surface area contributed by atoms with E-state index < -0.39 is 0 Å². The normalized spacial score (nSPS) is 20.3. The van der Waals surface area contributed by atoms with E-state index in [-0.39, 0.29) is 30.3 Å². The Hall–Kier alpha value is -1.85. The van der Waals surface area contributed by atoms with Crippen LogP contribution in [0.1, 0.15) is 36.9 Å². The predicted octanol–water partition coefficient (Wildman–Crippen LogP) is 3.84. The summed E-state index contributed by atoms with van der Waals surface area (Å²) in [7, 11) is 0. The minimum absolute atomic E-state index is 0. The number of amides is 1. The maximum absolute atomic E-state index is 12.4. The molecule has 0 spiro atoms. The molecule has 1 aliphatic carbocycles. The van der Waals surface area contributed by atoms with Crippen molar-refractivity contribution < 1.29 is 9.21 Å². The average molecular weight is 350 g/mol. The lowest BCUT2D eigenvalue weighted by Crippen LogP contribution is -2.34. The molecule has 5 nitrogen and oxygen atoms in total. The number of carbonyl (C=O) groups is 1. The molecule has 6 heteroatoms. The Morgan fingerprint density at radius 1 is 1.33 bits per heavy atom. The molecule has 0 saturated heterocycles. The predicted molar refractivity (Wildman–Crippen MR) is 97.2 cm³/mol. The average Bonchev–Trinajstić information content (AvgIpc) is 2.95. The molecule has 2 unspecified atom stereocenters. The van der Waals surface area contributed by atoms with Crippen molar-refractivity contribution in [2.75, 3.05) is 5.32 Å². The molecule has 1 aliphatic rings. The Kier molecular flexibility index (Phi) is 6.02. The van der Waals surface area contributed by atoms with E-state index in [1.54, 1.807) is 6.26 Å². The third kappa shape index (κ3) is 4.16. The fourth-order valence-electron chi connectivity index (χ4n) is 3.12. The third-order valence-electron chi connectivity index (χ3n) is 4.44. The first-order valence-corrected chi connectivity index (χ1v) is 8.12. The summed E-state index contributed by atoms with van der Waals surface area (Å²) in [6.45, 7) is 3.89. The van der Waals surface area contributed by atoms with Gasteiger partial charge in [0.15, 0.2) is 0 Å². The fourth-order valence-corrected chi connectivity index (χ4v) is 3.12. The second-order valence-corrected chi connectivity index (χ2v) is 6.44. The van der Waals surface area contributed by atoms with Crippen LogP contribution in [-0.2, 0) is 4.79 Å². The summed E-state index contributed by atoms with van der Waals surface area (Å²) in [5.41, 5.74) is 9.54. The van der Waals surface area contributed by atoms with Crippen LogP contribution < -0.4 is 11.1 Å². The second-order valence-electron chi connectivity index (χ2n) is 6.44. The van der Waals surface area contributed by atoms with Crippen molar-refractivity contribution in [2.24, 2.45) is 11.7 Å². The number of aryl methyl sites for hydroxylation is 2. The summed E-state index contributed by atoms with van der Waals surface area (Å²) in [6.07, 6.45) is 5.35. The number of benzene rings is 1. The van der Waals surface area contributed by atoms with Crippen molar-refractivity contribution in [2.45, 2.75) is 45.6 Å². The van der Waals surface area contributed by atoms with Crippen molar-refractivity contribution in [3.63, 3.8) is 0 Å². The van der Waals surface area contributed by atoms with Crippen molar-refractivity contribution in [1.29, 1.82) is 0 Å². The number of nitrogens with two attached hydrogens (primary N) is 1. The summed E-state index contributed by atoms with van der Waals surface area (Å²) in [6, 6.07) is 5.94. The van der Waals surface area contributed by atoms with Crippen molar-refractivity contribution >= 4 is 24.0 Å². The molecule has 24 heavy (non-hydrogen) atoms. The lowest BCUT2D eigenvalue weighted by Gasteiger charge is -2.25. The van der Waals surface area contributed by atoms with E-state index in [0.717, 1.165) is 48.2 Å². The number of carbonyl (C=O) groups excluding carboxylic acids is 1. The van der Waals surface area contributed by atoms with E-state index in [1.807, 2.05) is 32.0 Å². The highest BCUT2D eigenvalue weighted by Gasteiger charge is 2.25. The number of anilines is 1. The zero-order chi connectivity index (χ0) is 16.4. The first-order chi connectivity index (χ1) is 11.0. The van der Waals surface area contributed by atoms with Gasteiger partial charge in [-0.2, -0.15) is 0 Å². The molecule has 1 heterocycles. The summed E-state index contributed by atoms with van der Waals surface area (Å²) in [5.74, 6) is 0.641. The number of oxazole rings is 1. The van der Waals surface area contributed by atoms with Crippen LogP contribution >= 0.6 is 12.4 Å². The molecule has 2 aromatic rings. The number of hydrogen-bond donors (Lipinski definition) is 2. The maximum Gasteiger partial charge on any atom is 0.227 e. The first kappa shape index (κ1) is 18.5. The van der Waals surface area contributed by atoms with E-state index in [1.165, 1.54) is 0 Å². The first-order valence-electron chi connectivity index (χ1n) is 8.12. The van der Waals surface area contributed by atoms with Gasteiger partial charge in [-0.1, -0.05) is 12.5 Å². The molecule has 1 aromatic heterocycles. The SMILES string of the molecule is Cc1coc(-c2cc(NC(=O)C3CCCC(N)C3)ccc2C)n1.Cl. The molecule has 1 aromatic carbocycles. The number of rotatable bonds is 3. The highest BCUT2D eigenvalue weighted by Crippen LogP contribution is 2.28. The van der Waals surface area contributed by atoms with Crippen LogP contribution in [0.25, 0.3) is 11.5 Å². The molecule has 0 bridgehead atoms. The molecule has 3 N–H and O–H groups in total. The summed E-state index contributed by atoms with van der Waals surface area (Å²) in [4.78, 5) is 16.8. The summed E-state index contributed by atoms with van der Waals surface area (Å²) >= 11 is 0. The van der Waals surface area contributed by atoms with Gasteiger partial charge in [-0.3, -0.25) is 4.79 Å². The van der Waals surface area contributed by atoms with Gasteiger partial charge in [0.2, 0.25) is 11.8 Å². The molecule has 0 aliphatic heterocycles. The summed E-state index contributed by atoms with van der Waals surface area (Å²) in [5, 5.41) is 3.01. The van der Waals surface area contributed by atoms with E-state index in [0.29, 0.717) is 5.89 Å². The lowest BCUT2D eigenvalue weighted by molar-refractivity contribution is -0.120. The zero-order valence-corrected chi connectivity index (χ0v) is 14.9. The smallest absolute Gasteiger partial charge is 0.227 e.